The molecule has 1 nitrogen and oxygen atoms in total. The van der Waals surface area contributed by atoms with Crippen LogP contribution in [0.25, 0.3) is 11.1 Å². The molecule has 0 fully saturated rings. The molecular formula is C13H9Cl2OP. The number of fused-ring (bicyclic) bond motifs is 3. The van der Waals surface area contributed by atoms with Gasteiger partial charge in [0.25, 0.3) is 5.85 Å². The Hall–Kier alpha value is -0.750. The number of hydrogen-bond acceptors (Lipinski definition) is 1. The minimum absolute atomic E-state index is 0.391. The van der Waals surface area contributed by atoms with Crippen LogP contribution in [0.3, 0.4) is 0 Å². The van der Waals surface area contributed by atoms with Gasteiger partial charge >= 0.3 is 0 Å². The summed E-state index contributed by atoms with van der Waals surface area (Å²) in [5, 5.41) is 0. The summed E-state index contributed by atoms with van der Waals surface area (Å²) in [5.74, 6) is -3.23. The van der Waals surface area contributed by atoms with E-state index in [0.717, 1.165) is 22.3 Å². The van der Waals surface area contributed by atoms with E-state index in [1.807, 2.05) is 48.5 Å². The minimum atomic E-state index is -3.23. The molecule has 3 rings (SSSR count). The highest BCUT2D eigenvalue weighted by Crippen LogP contribution is 2.73. The second-order valence-corrected chi connectivity index (χ2v) is 9.13. The number of halogens is 2. The first-order chi connectivity index (χ1) is 8.09. The van der Waals surface area contributed by atoms with Gasteiger partial charge in [-0.2, -0.15) is 0 Å². The molecule has 2 aromatic carbocycles. The Bertz CT molecular complexity index is 587. The lowest BCUT2D eigenvalue weighted by atomic mass is 10.1. The summed E-state index contributed by atoms with van der Waals surface area (Å²) in [7, 11) is 0. The third-order valence-corrected chi connectivity index (χ3v) is 5.43. The quantitative estimate of drug-likeness (QED) is 0.638. The van der Waals surface area contributed by atoms with Gasteiger partial charge in [0.15, 0.2) is 0 Å². The predicted octanol–water partition coefficient (Wildman–Crippen LogP) is 5.43. The molecule has 1 aliphatic rings. The standard InChI is InChI=1S/C13H9Cl2OP/c14-17(15,16)13-11-7-3-1-5-9(11)10-6-2-4-8-12(10)13/h1-8,13H. The van der Waals surface area contributed by atoms with Crippen molar-refractivity contribution in [3.8, 4) is 11.1 Å². The van der Waals surface area contributed by atoms with Crippen molar-refractivity contribution in [1.29, 1.82) is 0 Å². The van der Waals surface area contributed by atoms with Crippen LogP contribution in [0, 0.1) is 0 Å². The summed E-state index contributed by atoms with van der Waals surface area (Å²) in [6.07, 6.45) is 0. The second-order valence-electron chi connectivity index (χ2n) is 4.08. The molecule has 0 N–H and O–H groups in total. The largest absolute Gasteiger partial charge is 0.288 e. The van der Waals surface area contributed by atoms with Gasteiger partial charge in [0, 0.05) is 0 Å². The summed E-state index contributed by atoms with van der Waals surface area (Å²) < 4.78 is 12.1. The average Bonchev–Trinajstić information content (AvgIpc) is 2.63. The van der Waals surface area contributed by atoms with Gasteiger partial charge in [0.05, 0.1) is 5.66 Å². The van der Waals surface area contributed by atoms with E-state index in [2.05, 4.69) is 0 Å². The lowest BCUT2D eigenvalue weighted by Gasteiger charge is -2.13. The average molecular weight is 283 g/mol. The zero-order chi connectivity index (χ0) is 12.0. The van der Waals surface area contributed by atoms with Crippen LogP contribution in [0.4, 0.5) is 0 Å². The first-order valence-electron chi connectivity index (χ1n) is 5.26. The molecule has 4 heteroatoms. The molecule has 0 atom stereocenters. The SMILES string of the molecule is O=P(Cl)(Cl)C1c2ccccc2-c2ccccc21. The highest BCUT2D eigenvalue weighted by atomic mass is 35.9. The van der Waals surface area contributed by atoms with E-state index in [1.54, 1.807) is 0 Å². The van der Waals surface area contributed by atoms with Crippen molar-refractivity contribution in [3.63, 3.8) is 0 Å². The van der Waals surface area contributed by atoms with Crippen molar-refractivity contribution in [2.45, 2.75) is 5.66 Å². The van der Waals surface area contributed by atoms with Gasteiger partial charge < -0.3 is 0 Å². The first-order valence-corrected chi connectivity index (χ1v) is 8.85. The van der Waals surface area contributed by atoms with Gasteiger partial charge in [0.2, 0.25) is 0 Å². The van der Waals surface area contributed by atoms with E-state index in [9.17, 15) is 4.57 Å². The molecule has 0 bridgehead atoms. The van der Waals surface area contributed by atoms with Crippen LogP contribution >= 0.6 is 28.3 Å². The Labute approximate surface area is 109 Å². The van der Waals surface area contributed by atoms with E-state index < -0.39 is 11.5 Å². The van der Waals surface area contributed by atoms with Gasteiger partial charge in [-0.15, -0.1) is 0 Å². The molecule has 1 aliphatic carbocycles. The van der Waals surface area contributed by atoms with E-state index in [1.165, 1.54) is 0 Å². The van der Waals surface area contributed by atoms with Crippen LogP contribution in [-0.4, -0.2) is 0 Å². The van der Waals surface area contributed by atoms with Gasteiger partial charge in [-0.05, 0) is 44.7 Å². The monoisotopic (exact) mass is 282 g/mol. The molecule has 0 saturated carbocycles. The van der Waals surface area contributed by atoms with Crippen molar-refractivity contribution >= 4 is 28.3 Å². The second kappa shape index (κ2) is 3.88. The maximum absolute atomic E-state index is 12.1. The lowest BCUT2D eigenvalue weighted by molar-refractivity contribution is 0.589. The lowest BCUT2D eigenvalue weighted by Crippen LogP contribution is -1.91. The summed E-state index contributed by atoms with van der Waals surface area (Å²) in [6.45, 7) is 0. The van der Waals surface area contributed by atoms with Crippen LogP contribution in [0.2, 0.25) is 0 Å². The third kappa shape index (κ3) is 1.74. The Morgan fingerprint density at radius 3 is 1.65 bits per heavy atom. The molecule has 2 aromatic rings. The molecule has 0 amide bonds. The van der Waals surface area contributed by atoms with E-state index in [-0.39, 0.29) is 0 Å². The molecule has 0 unspecified atom stereocenters. The van der Waals surface area contributed by atoms with Crippen molar-refractivity contribution < 1.29 is 4.57 Å². The third-order valence-electron chi connectivity index (χ3n) is 3.10. The normalized spacial score (nSPS) is 14.5. The molecule has 17 heavy (non-hydrogen) atoms. The number of rotatable bonds is 1. The highest BCUT2D eigenvalue weighted by molar-refractivity contribution is 8.08. The van der Waals surface area contributed by atoms with Crippen molar-refractivity contribution in [2.75, 3.05) is 0 Å². The minimum Gasteiger partial charge on any atom is -0.288 e. The van der Waals surface area contributed by atoms with E-state index in [4.69, 9.17) is 22.5 Å². The highest BCUT2D eigenvalue weighted by Gasteiger charge is 2.39. The van der Waals surface area contributed by atoms with Crippen molar-refractivity contribution in [1.82, 2.24) is 0 Å². The number of hydrogen-bond donors (Lipinski definition) is 0. The first kappa shape index (κ1) is 11.3. The molecule has 86 valence electrons. The van der Waals surface area contributed by atoms with Crippen LogP contribution in [0.1, 0.15) is 16.8 Å². The molecule has 0 aromatic heterocycles. The van der Waals surface area contributed by atoms with Crippen molar-refractivity contribution in [2.24, 2.45) is 0 Å². The molecule has 0 aliphatic heterocycles. The fourth-order valence-corrected chi connectivity index (χ4v) is 4.81. The van der Waals surface area contributed by atoms with Crippen LogP contribution in [0.5, 0.6) is 0 Å². The Balaban J connectivity index is 2.35. The van der Waals surface area contributed by atoms with Crippen LogP contribution < -0.4 is 0 Å². The Morgan fingerprint density at radius 1 is 0.824 bits per heavy atom. The van der Waals surface area contributed by atoms with Gasteiger partial charge in [-0.3, -0.25) is 4.57 Å². The maximum Gasteiger partial charge on any atom is 0.264 e. The predicted molar refractivity (Wildman–Crippen MR) is 73.0 cm³/mol. The topological polar surface area (TPSA) is 17.1 Å². The molecule has 0 saturated heterocycles. The summed E-state index contributed by atoms with van der Waals surface area (Å²) in [6, 6.07) is 15.7. The summed E-state index contributed by atoms with van der Waals surface area (Å²) in [4.78, 5) is 0. The Morgan fingerprint density at radius 2 is 1.24 bits per heavy atom. The van der Waals surface area contributed by atoms with E-state index in [0.29, 0.717) is 0 Å². The molecule has 0 radical (unpaired) electrons. The van der Waals surface area contributed by atoms with Crippen LogP contribution in [0.15, 0.2) is 48.5 Å². The molecular weight excluding hydrogens is 274 g/mol. The molecule has 0 spiro atoms. The fourth-order valence-electron chi connectivity index (χ4n) is 2.45. The zero-order valence-electron chi connectivity index (χ0n) is 8.81. The maximum atomic E-state index is 12.1. The van der Waals surface area contributed by atoms with Gasteiger partial charge in [-0.1, -0.05) is 48.5 Å². The Kier molecular flexibility index (Phi) is 2.59. The smallest absolute Gasteiger partial charge is 0.264 e. The fraction of sp³-hybridized carbons (Fsp3) is 0.0769. The van der Waals surface area contributed by atoms with Crippen molar-refractivity contribution in [3.05, 3.63) is 59.7 Å². The summed E-state index contributed by atoms with van der Waals surface area (Å²) in [5.41, 5.74) is 3.69. The number of benzene rings is 2. The van der Waals surface area contributed by atoms with Gasteiger partial charge in [0.1, 0.15) is 0 Å². The molecule has 0 heterocycles. The van der Waals surface area contributed by atoms with E-state index >= 15 is 0 Å². The van der Waals surface area contributed by atoms with Crippen LogP contribution in [-0.2, 0) is 4.57 Å². The summed E-state index contributed by atoms with van der Waals surface area (Å²) >= 11 is 11.8. The zero-order valence-corrected chi connectivity index (χ0v) is 11.2. The van der Waals surface area contributed by atoms with Gasteiger partial charge in [-0.25, -0.2) is 0 Å².